The van der Waals surface area contributed by atoms with Crippen LogP contribution in [0.25, 0.3) is 5.52 Å². The van der Waals surface area contributed by atoms with Crippen LogP contribution in [0.5, 0.6) is 11.5 Å². The van der Waals surface area contributed by atoms with Gasteiger partial charge in [-0.25, -0.2) is 18.7 Å². The first kappa shape index (κ1) is 32.1. The van der Waals surface area contributed by atoms with E-state index in [2.05, 4.69) is 15.5 Å². The van der Waals surface area contributed by atoms with Gasteiger partial charge >= 0.3 is 11.6 Å². The molecule has 16 nitrogen and oxygen atoms in total. The summed E-state index contributed by atoms with van der Waals surface area (Å²) in [5, 5.41) is 48.6. The zero-order chi connectivity index (χ0) is 34.2. The van der Waals surface area contributed by atoms with Crippen molar-refractivity contribution in [1.82, 2.24) is 19.6 Å². The summed E-state index contributed by atoms with van der Waals surface area (Å²) in [7, 11) is 0. The lowest BCUT2D eigenvalue weighted by molar-refractivity contribution is -0.685. The number of hydrogen-bond donors (Lipinski definition) is 5. The highest BCUT2D eigenvalue weighted by molar-refractivity contribution is 8.00. The molecule has 0 aliphatic carbocycles. The van der Waals surface area contributed by atoms with Gasteiger partial charge in [-0.15, -0.1) is 23.1 Å². The van der Waals surface area contributed by atoms with Crippen molar-refractivity contribution in [3.8, 4) is 11.5 Å². The number of phenols is 2. The third-order valence-corrected chi connectivity index (χ3v) is 9.52. The van der Waals surface area contributed by atoms with Crippen LogP contribution < -0.4 is 20.7 Å². The van der Waals surface area contributed by atoms with E-state index in [0.29, 0.717) is 18.3 Å². The molecule has 4 aromatic rings. The maximum atomic E-state index is 13.1. The third kappa shape index (κ3) is 5.77. The van der Waals surface area contributed by atoms with Gasteiger partial charge in [0.1, 0.15) is 36.1 Å². The Kier molecular flexibility index (Phi) is 8.50. The highest BCUT2D eigenvalue weighted by atomic mass is 32.2. The van der Waals surface area contributed by atoms with Gasteiger partial charge in [0.05, 0.1) is 17.9 Å². The monoisotopic (exact) mass is 691 g/mol. The molecule has 48 heavy (non-hydrogen) atoms. The number of thioether (sulfide) groups is 1. The number of phenolic OH excluding ortho intramolecular Hbond substituents is 2. The van der Waals surface area contributed by atoms with Crippen LogP contribution in [0.15, 0.2) is 89.1 Å². The molecule has 0 saturated carbocycles. The predicted octanol–water partition coefficient (Wildman–Crippen LogP) is -0.332. The number of imidazole rings is 1. The highest BCUT2D eigenvalue weighted by Gasteiger charge is 2.53. The lowest BCUT2D eigenvalue weighted by Gasteiger charge is -2.50. The number of nitrogens with zero attached hydrogens (tertiary/aromatic N) is 5. The molecule has 2 amide bonds. The molecular formula is C30H25N7O9S2. The Labute approximate surface area is 278 Å². The molecule has 6 rings (SSSR count). The first-order valence-electron chi connectivity index (χ1n) is 14.0. The number of aliphatic carboxylic acids is 2. The van der Waals surface area contributed by atoms with Gasteiger partial charge in [-0.3, -0.25) is 14.5 Å². The molecule has 1 unspecified atom stereocenters. The Hall–Kier alpha value is -5.88. The summed E-state index contributed by atoms with van der Waals surface area (Å²) in [4.78, 5) is 61.0. The summed E-state index contributed by atoms with van der Waals surface area (Å²) in [6, 6.07) is 7.78. The number of oxime groups is 1. The molecule has 1 fully saturated rings. The molecule has 3 aromatic heterocycles. The minimum Gasteiger partial charge on any atom is -0.543 e. The molecule has 0 radical (unpaired) electrons. The summed E-state index contributed by atoms with van der Waals surface area (Å²) in [6.45, 7) is 0.445. The summed E-state index contributed by atoms with van der Waals surface area (Å²) in [6.07, 6.45) is 9.72. The molecule has 1 aromatic carbocycles. The number of nitrogen functional groups attached to an aromatic ring is 1. The smallest absolute Gasteiger partial charge is 0.362 e. The Morgan fingerprint density at radius 1 is 1.25 bits per heavy atom. The topological polar surface area (TPSA) is 236 Å². The van der Waals surface area contributed by atoms with E-state index in [1.807, 2.05) is 45.9 Å². The second-order valence-corrected chi connectivity index (χ2v) is 12.5. The van der Waals surface area contributed by atoms with Crippen LogP contribution in [0.3, 0.4) is 0 Å². The number of thiazole rings is 1. The van der Waals surface area contributed by atoms with Crippen molar-refractivity contribution >= 4 is 63.7 Å². The number of fused-ring (bicyclic) bond motifs is 2. The number of aromatic nitrogens is 3. The van der Waals surface area contributed by atoms with E-state index < -0.39 is 52.3 Å². The number of carboxylic acids is 2. The van der Waals surface area contributed by atoms with Crippen LogP contribution in [0.2, 0.25) is 0 Å². The molecular weight excluding hydrogens is 667 g/mol. The highest BCUT2D eigenvalue weighted by Crippen LogP contribution is 2.41. The molecule has 5 heterocycles. The standard InChI is InChI=1S/C30H25N7O9S2/c31-29-33-21(14-48-29)30(28(44)45,17-6-7-19(38)20(39)10-17)46-32-11-22(40)34-23-25(41)37-24(27(42)43)16(13-47-26(23)37)4-3-8-35-12-18-5-1-2-9-36(18)15-35/h1-7,9-12,14-15,23,26H,8,13H2,(H6-,31,32,33,34,38,39,40,42,43,44,45)/b4-3+/t23-,26+,30?/m0/s1. The van der Waals surface area contributed by atoms with Crippen LogP contribution in [0.4, 0.5) is 5.13 Å². The second-order valence-electron chi connectivity index (χ2n) is 10.5. The molecule has 0 spiro atoms. The van der Waals surface area contributed by atoms with Crippen molar-refractivity contribution in [3.63, 3.8) is 0 Å². The number of pyridine rings is 1. The van der Waals surface area contributed by atoms with Crippen LogP contribution in [-0.4, -0.2) is 76.7 Å². The number of carboxylic acid groups (broad SMARTS) is 2. The third-order valence-electron chi connectivity index (χ3n) is 7.54. The molecule has 18 heteroatoms. The zero-order valence-corrected chi connectivity index (χ0v) is 26.1. The summed E-state index contributed by atoms with van der Waals surface area (Å²) in [5.41, 5.74) is 3.85. The fourth-order valence-electron chi connectivity index (χ4n) is 5.28. The number of nitrogens with two attached hydrogens (primary N) is 1. The van der Waals surface area contributed by atoms with Gasteiger partial charge < -0.3 is 41.1 Å². The second kappa shape index (κ2) is 12.7. The van der Waals surface area contributed by atoms with E-state index in [1.54, 1.807) is 12.2 Å². The summed E-state index contributed by atoms with van der Waals surface area (Å²) < 4.78 is 3.85. The number of aromatic hydroxyl groups is 2. The number of amides is 2. The first-order valence-corrected chi connectivity index (χ1v) is 15.9. The maximum Gasteiger partial charge on any atom is 0.362 e. The molecule has 1 saturated heterocycles. The number of hydrogen-bond acceptors (Lipinski definition) is 13. The Bertz CT molecular complexity index is 2020. The molecule has 3 atom stereocenters. The van der Waals surface area contributed by atoms with Gasteiger partial charge in [0.15, 0.2) is 22.1 Å². The van der Waals surface area contributed by atoms with E-state index >= 15 is 0 Å². The number of allylic oxidation sites excluding steroid dienone is 2. The average Bonchev–Trinajstić information content (AvgIpc) is 3.68. The number of rotatable bonds is 11. The van der Waals surface area contributed by atoms with Crippen molar-refractivity contribution in [2.45, 2.75) is 23.6 Å². The summed E-state index contributed by atoms with van der Waals surface area (Å²) in [5.74, 6) is -5.76. The molecule has 0 bridgehead atoms. The maximum absolute atomic E-state index is 13.1. The van der Waals surface area contributed by atoms with Crippen molar-refractivity contribution in [2.75, 3.05) is 11.5 Å². The van der Waals surface area contributed by atoms with E-state index in [9.17, 15) is 39.6 Å². The summed E-state index contributed by atoms with van der Waals surface area (Å²) >= 11 is 2.15. The molecule has 246 valence electrons. The number of nitrogens with one attached hydrogen (secondary N) is 1. The van der Waals surface area contributed by atoms with Gasteiger partial charge in [0, 0.05) is 16.7 Å². The van der Waals surface area contributed by atoms with Crippen LogP contribution >= 0.6 is 23.1 Å². The van der Waals surface area contributed by atoms with E-state index in [0.717, 1.165) is 40.0 Å². The lowest BCUT2D eigenvalue weighted by atomic mass is 9.90. The number of β-lactam (4-membered cyclic amide) rings is 1. The molecule has 2 aliphatic heterocycles. The van der Waals surface area contributed by atoms with Crippen molar-refractivity contribution in [1.29, 1.82) is 0 Å². The number of carbonyl (C=O) groups is 4. The first-order chi connectivity index (χ1) is 23.0. The Morgan fingerprint density at radius 3 is 2.75 bits per heavy atom. The fourth-order valence-corrected chi connectivity index (χ4v) is 7.20. The SMILES string of the molecule is Nc1nc(C(O/N=C\C(=O)N[C@H]2C(=O)N3C(C(=O)[O-])=C(/C=C/C[n+]4cc5ccccn5c4)CS[C@H]23)(C(=O)O)c2ccc(O)c(O)c2)cs1. The zero-order valence-electron chi connectivity index (χ0n) is 24.5. The minimum atomic E-state index is -2.50. The van der Waals surface area contributed by atoms with Gasteiger partial charge in [-0.1, -0.05) is 17.3 Å². The van der Waals surface area contributed by atoms with Crippen LogP contribution in [-0.2, 0) is 36.2 Å². The van der Waals surface area contributed by atoms with Crippen molar-refractivity contribution in [2.24, 2.45) is 5.16 Å². The van der Waals surface area contributed by atoms with E-state index in [4.69, 9.17) is 10.6 Å². The average molecular weight is 692 g/mol. The molecule has 2 aliphatic rings. The molecule has 6 N–H and O–H groups in total. The Morgan fingerprint density at radius 2 is 2.06 bits per heavy atom. The van der Waals surface area contributed by atoms with Gasteiger partial charge in [-0.05, 0) is 42.0 Å². The van der Waals surface area contributed by atoms with E-state index in [1.165, 1.54) is 17.1 Å². The van der Waals surface area contributed by atoms with Crippen molar-refractivity contribution in [3.05, 3.63) is 95.2 Å². The van der Waals surface area contributed by atoms with Crippen LogP contribution in [0.1, 0.15) is 11.3 Å². The van der Waals surface area contributed by atoms with Gasteiger partial charge in [0.2, 0.25) is 6.33 Å². The van der Waals surface area contributed by atoms with Crippen LogP contribution in [0, 0.1) is 0 Å². The van der Waals surface area contributed by atoms with Crippen molar-refractivity contribution < 1.29 is 49.0 Å². The largest absolute Gasteiger partial charge is 0.543 e. The quantitative estimate of drug-likeness (QED) is 0.0447. The fraction of sp³-hybridized carbons (Fsp3) is 0.167. The number of anilines is 1. The Balaban J connectivity index is 1.15. The normalized spacial score (nSPS) is 18.9. The minimum absolute atomic E-state index is 0.000660. The number of benzene rings is 1. The van der Waals surface area contributed by atoms with Gasteiger partial charge in [-0.2, -0.15) is 0 Å². The number of carbonyl (C=O) groups excluding carboxylic acids is 3. The lowest BCUT2D eigenvalue weighted by Crippen LogP contribution is -2.71. The predicted molar refractivity (Wildman–Crippen MR) is 168 cm³/mol. The van der Waals surface area contributed by atoms with E-state index in [-0.39, 0.29) is 27.8 Å². The van der Waals surface area contributed by atoms with Gasteiger partial charge in [0.25, 0.3) is 11.8 Å².